The summed E-state index contributed by atoms with van der Waals surface area (Å²) < 4.78 is 5.28. The van der Waals surface area contributed by atoms with Crippen LogP contribution in [0.15, 0.2) is 54.6 Å². The number of nitrogens with zero attached hydrogens (tertiary/aromatic N) is 1. The van der Waals surface area contributed by atoms with E-state index in [0.717, 1.165) is 26.7 Å². The molecular weight excluding hydrogens is 332 g/mol. The van der Waals surface area contributed by atoms with Gasteiger partial charge in [0.1, 0.15) is 11.6 Å². The Morgan fingerprint density at radius 2 is 1.88 bits per heavy atom. The Morgan fingerprint density at radius 3 is 2.60 bits per heavy atom. The summed E-state index contributed by atoms with van der Waals surface area (Å²) in [6.45, 7) is 3.73. The molecule has 1 N–H and O–H groups in total. The third kappa shape index (κ3) is 4.00. The van der Waals surface area contributed by atoms with Crippen LogP contribution in [-0.2, 0) is 4.74 Å². The fourth-order valence-corrected chi connectivity index (χ4v) is 3.44. The Kier molecular flexibility index (Phi) is 5.05. The van der Waals surface area contributed by atoms with E-state index in [1.807, 2.05) is 56.3 Å². The van der Waals surface area contributed by atoms with Crippen LogP contribution in [0, 0.1) is 19.3 Å². The fraction of sp³-hybridized carbons (Fsp3) is 0.150. The monoisotopic (exact) mass is 350 g/mol. The highest BCUT2D eigenvalue weighted by atomic mass is 32.1. The summed E-state index contributed by atoms with van der Waals surface area (Å²) in [5, 5.41) is 9.10. The Morgan fingerprint density at radius 1 is 1.12 bits per heavy atom. The van der Waals surface area contributed by atoms with Crippen LogP contribution >= 0.6 is 11.3 Å². The van der Waals surface area contributed by atoms with Gasteiger partial charge in [-0.15, -0.1) is 11.3 Å². The molecule has 3 aromatic rings. The van der Waals surface area contributed by atoms with Crippen LogP contribution in [0.1, 0.15) is 26.5 Å². The number of hydrogen-bond acceptors (Lipinski definition) is 5. The molecule has 0 atom stereocenters. The van der Waals surface area contributed by atoms with Crippen molar-refractivity contribution in [3.63, 3.8) is 0 Å². The minimum atomic E-state index is -0.418. The molecule has 0 saturated heterocycles. The molecule has 3 rings (SSSR count). The van der Waals surface area contributed by atoms with Crippen LogP contribution in [0.5, 0.6) is 0 Å². The number of carbonyl (C=O) groups is 1. The molecule has 0 bridgehead atoms. The van der Waals surface area contributed by atoms with Crippen molar-refractivity contribution in [2.45, 2.75) is 13.8 Å². The molecule has 2 aromatic carbocycles. The Hall–Kier alpha value is -2.79. The molecule has 0 radical (unpaired) electrons. The Balaban J connectivity index is 1.70. The van der Waals surface area contributed by atoms with E-state index in [4.69, 9.17) is 10.1 Å². The molecule has 0 amide bonds. The van der Waals surface area contributed by atoms with Gasteiger partial charge >= 0.3 is 5.97 Å². The standard InChI is InChI=1S/C20H18N2O2S/c1-13-7-6-10-16(11-13)20(23)24-12-17(21)18-14(2)22-19(25-18)15-8-4-3-5-9-15/h3-11,21H,12H2,1-2H3. The molecule has 0 fully saturated rings. The van der Waals surface area contributed by atoms with Gasteiger partial charge in [0, 0.05) is 5.56 Å². The maximum Gasteiger partial charge on any atom is 0.338 e. The lowest BCUT2D eigenvalue weighted by molar-refractivity contribution is 0.0563. The van der Waals surface area contributed by atoms with E-state index in [1.165, 1.54) is 11.3 Å². The number of hydrogen-bond donors (Lipinski definition) is 1. The molecule has 0 spiro atoms. The first-order chi connectivity index (χ1) is 12.0. The highest BCUT2D eigenvalue weighted by Crippen LogP contribution is 2.28. The number of thiazole rings is 1. The van der Waals surface area contributed by atoms with E-state index in [2.05, 4.69) is 4.98 Å². The van der Waals surface area contributed by atoms with Crippen molar-refractivity contribution in [2.24, 2.45) is 0 Å². The van der Waals surface area contributed by atoms with Gasteiger partial charge in [-0.05, 0) is 26.0 Å². The molecule has 0 aliphatic carbocycles. The van der Waals surface area contributed by atoms with Gasteiger partial charge in [-0.25, -0.2) is 9.78 Å². The van der Waals surface area contributed by atoms with Gasteiger partial charge < -0.3 is 10.1 Å². The van der Waals surface area contributed by atoms with Crippen LogP contribution in [0.2, 0.25) is 0 Å². The number of esters is 1. The molecule has 0 saturated carbocycles. The predicted octanol–water partition coefficient (Wildman–Crippen LogP) is 4.65. The first kappa shape index (κ1) is 17.0. The number of nitrogens with one attached hydrogen (secondary N) is 1. The van der Waals surface area contributed by atoms with Crippen molar-refractivity contribution in [2.75, 3.05) is 6.61 Å². The second-order valence-electron chi connectivity index (χ2n) is 5.72. The first-order valence-corrected chi connectivity index (χ1v) is 8.70. The Bertz CT molecular complexity index is 916. The van der Waals surface area contributed by atoms with Gasteiger partial charge in [0.15, 0.2) is 0 Å². The van der Waals surface area contributed by atoms with Gasteiger partial charge in [-0.1, -0.05) is 48.0 Å². The number of ether oxygens (including phenoxy) is 1. The molecule has 126 valence electrons. The maximum absolute atomic E-state index is 12.1. The van der Waals surface area contributed by atoms with Gasteiger partial charge in [0.05, 0.1) is 21.8 Å². The van der Waals surface area contributed by atoms with Crippen molar-refractivity contribution in [1.82, 2.24) is 4.98 Å². The molecule has 0 unspecified atom stereocenters. The SMILES string of the molecule is Cc1cccc(C(=O)OCC(=N)c2sc(-c3ccccc3)nc2C)c1. The van der Waals surface area contributed by atoms with Gasteiger partial charge in [0.25, 0.3) is 0 Å². The average Bonchev–Trinajstić information content (AvgIpc) is 3.02. The van der Waals surface area contributed by atoms with E-state index in [9.17, 15) is 4.79 Å². The minimum Gasteiger partial charge on any atom is -0.456 e. The van der Waals surface area contributed by atoms with Crippen molar-refractivity contribution < 1.29 is 9.53 Å². The second-order valence-corrected chi connectivity index (χ2v) is 6.72. The smallest absolute Gasteiger partial charge is 0.338 e. The molecule has 25 heavy (non-hydrogen) atoms. The summed E-state index contributed by atoms with van der Waals surface area (Å²) in [4.78, 5) is 17.4. The van der Waals surface area contributed by atoms with Crippen molar-refractivity contribution in [1.29, 1.82) is 5.41 Å². The third-order valence-electron chi connectivity index (χ3n) is 3.69. The molecule has 1 heterocycles. The zero-order chi connectivity index (χ0) is 17.8. The molecular formula is C20H18N2O2S. The molecule has 5 heteroatoms. The maximum atomic E-state index is 12.1. The van der Waals surface area contributed by atoms with E-state index in [1.54, 1.807) is 12.1 Å². The van der Waals surface area contributed by atoms with Gasteiger partial charge in [0.2, 0.25) is 0 Å². The molecule has 4 nitrogen and oxygen atoms in total. The van der Waals surface area contributed by atoms with Crippen LogP contribution in [0.25, 0.3) is 10.6 Å². The van der Waals surface area contributed by atoms with E-state index in [0.29, 0.717) is 5.56 Å². The summed E-state index contributed by atoms with van der Waals surface area (Å²) in [5.41, 5.74) is 3.55. The number of aromatic nitrogens is 1. The number of rotatable bonds is 5. The fourth-order valence-electron chi connectivity index (χ4n) is 2.44. The summed E-state index contributed by atoms with van der Waals surface area (Å²) >= 11 is 1.44. The van der Waals surface area contributed by atoms with Crippen molar-refractivity contribution in [3.8, 4) is 10.6 Å². The lowest BCUT2D eigenvalue weighted by Crippen LogP contribution is -2.14. The largest absolute Gasteiger partial charge is 0.456 e. The van der Waals surface area contributed by atoms with Crippen LogP contribution in [0.3, 0.4) is 0 Å². The van der Waals surface area contributed by atoms with Crippen LogP contribution < -0.4 is 0 Å². The number of aryl methyl sites for hydroxylation is 2. The normalized spacial score (nSPS) is 10.5. The lowest BCUT2D eigenvalue weighted by Gasteiger charge is -2.06. The quantitative estimate of drug-likeness (QED) is 0.538. The van der Waals surface area contributed by atoms with Crippen LogP contribution in [-0.4, -0.2) is 23.3 Å². The average molecular weight is 350 g/mol. The molecule has 0 aliphatic heterocycles. The highest BCUT2D eigenvalue weighted by molar-refractivity contribution is 7.17. The topological polar surface area (TPSA) is 63.0 Å². The zero-order valence-corrected chi connectivity index (χ0v) is 14.9. The molecule has 0 aliphatic rings. The molecule has 1 aromatic heterocycles. The van der Waals surface area contributed by atoms with E-state index < -0.39 is 5.97 Å². The summed E-state index contributed by atoms with van der Waals surface area (Å²) in [5.74, 6) is -0.418. The van der Waals surface area contributed by atoms with Gasteiger partial charge in [-0.2, -0.15) is 0 Å². The summed E-state index contributed by atoms with van der Waals surface area (Å²) in [6.07, 6.45) is 0. The number of carbonyl (C=O) groups excluding carboxylic acids is 1. The van der Waals surface area contributed by atoms with Crippen molar-refractivity contribution in [3.05, 3.63) is 76.3 Å². The lowest BCUT2D eigenvalue weighted by atomic mass is 10.1. The first-order valence-electron chi connectivity index (χ1n) is 7.89. The summed E-state index contributed by atoms with van der Waals surface area (Å²) in [6, 6.07) is 17.1. The minimum absolute atomic E-state index is 0.0654. The predicted molar refractivity (Wildman–Crippen MR) is 101 cm³/mol. The van der Waals surface area contributed by atoms with Gasteiger partial charge in [-0.3, -0.25) is 0 Å². The second kappa shape index (κ2) is 7.40. The number of benzene rings is 2. The van der Waals surface area contributed by atoms with E-state index >= 15 is 0 Å². The highest BCUT2D eigenvalue weighted by Gasteiger charge is 2.15. The zero-order valence-electron chi connectivity index (χ0n) is 14.1. The van der Waals surface area contributed by atoms with Crippen molar-refractivity contribution >= 4 is 23.0 Å². The Labute approximate surface area is 150 Å². The third-order valence-corrected chi connectivity index (χ3v) is 4.96. The van der Waals surface area contributed by atoms with Crippen LogP contribution in [0.4, 0.5) is 0 Å². The van der Waals surface area contributed by atoms with E-state index in [-0.39, 0.29) is 12.3 Å². The summed E-state index contributed by atoms with van der Waals surface area (Å²) in [7, 11) is 0.